The number of hydrogen-bond acceptors (Lipinski definition) is 3. The van der Waals surface area contributed by atoms with Gasteiger partial charge in [-0.2, -0.15) is 0 Å². The quantitative estimate of drug-likeness (QED) is 0.677. The van der Waals surface area contributed by atoms with E-state index >= 15 is 0 Å². The minimum Gasteiger partial charge on any atom is -0.319 e. The summed E-state index contributed by atoms with van der Waals surface area (Å²) in [5.41, 5.74) is 3.90. The molecule has 120 valence electrons. The van der Waals surface area contributed by atoms with Crippen molar-refractivity contribution in [3.63, 3.8) is 0 Å². The Morgan fingerprint density at radius 1 is 1.17 bits per heavy atom. The van der Waals surface area contributed by atoms with Crippen molar-refractivity contribution in [2.45, 2.75) is 19.3 Å². The Balaban J connectivity index is 1.87. The molecule has 1 aromatic carbocycles. The van der Waals surface area contributed by atoms with Crippen LogP contribution in [0, 0.1) is 0 Å². The van der Waals surface area contributed by atoms with Crippen molar-refractivity contribution in [1.82, 2.24) is 9.97 Å². The molecule has 4 nitrogen and oxygen atoms in total. The number of aryl methyl sites for hydroxylation is 1. The van der Waals surface area contributed by atoms with E-state index in [4.69, 9.17) is 23.2 Å². The highest BCUT2D eigenvalue weighted by atomic mass is 35.5. The molecule has 0 saturated heterocycles. The number of carbonyl (C=O) groups is 1. The number of halogens is 2. The van der Waals surface area contributed by atoms with E-state index in [9.17, 15) is 4.79 Å². The number of nitrogens with one attached hydrogen (secondary N) is 1. The van der Waals surface area contributed by atoms with Crippen molar-refractivity contribution in [3.05, 3.63) is 63.5 Å². The van der Waals surface area contributed by atoms with E-state index < -0.39 is 0 Å². The standard InChI is InChI=1S/C18H13Cl2N3O/c19-10-6-7-14-12(9-10)16(11-3-1-4-13(11)22-14)18(24)23-15-5-2-8-21-17(15)20/h2,5-9H,1,3-4H2,(H,23,24). The van der Waals surface area contributed by atoms with Crippen molar-refractivity contribution < 1.29 is 4.79 Å². The molecule has 1 aliphatic carbocycles. The summed E-state index contributed by atoms with van der Waals surface area (Å²) in [5.74, 6) is -0.210. The van der Waals surface area contributed by atoms with Gasteiger partial charge in [0.15, 0.2) is 5.15 Å². The molecule has 0 atom stereocenters. The summed E-state index contributed by atoms with van der Waals surface area (Å²) < 4.78 is 0. The first-order valence-corrected chi connectivity index (χ1v) is 8.42. The number of nitrogens with zero attached hydrogens (tertiary/aromatic N) is 2. The van der Waals surface area contributed by atoms with E-state index in [1.165, 1.54) is 0 Å². The van der Waals surface area contributed by atoms with Gasteiger partial charge in [-0.25, -0.2) is 4.98 Å². The zero-order valence-corrected chi connectivity index (χ0v) is 14.2. The van der Waals surface area contributed by atoms with Gasteiger partial charge in [0.2, 0.25) is 0 Å². The van der Waals surface area contributed by atoms with Gasteiger partial charge in [0.25, 0.3) is 5.91 Å². The highest BCUT2D eigenvalue weighted by Gasteiger charge is 2.24. The molecule has 2 aromatic heterocycles. The molecule has 6 heteroatoms. The van der Waals surface area contributed by atoms with Gasteiger partial charge in [0, 0.05) is 22.3 Å². The van der Waals surface area contributed by atoms with Gasteiger partial charge < -0.3 is 5.32 Å². The van der Waals surface area contributed by atoms with Gasteiger partial charge in [-0.05, 0) is 55.2 Å². The number of aromatic nitrogens is 2. The van der Waals surface area contributed by atoms with Crippen LogP contribution in [0.25, 0.3) is 10.9 Å². The molecule has 1 N–H and O–H groups in total. The van der Waals surface area contributed by atoms with E-state index in [2.05, 4.69) is 15.3 Å². The average Bonchev–Trinajstić information content (AvgIpc) is 3.02. The van der Waals surface area contributed by atoms with Crippen LogP contribution in [-0.4, -0.2) is 15.9 Å². The molecule has 0 aliphatic heterocycles. The van der Waals surface area contributed by atoms with E-state index in [0.29, 0.717) is 16.3 Å². The second-order valence-corrected chi connectivity index (χ2v) is 6.52. The van der Waals surface area contributed by atoms with Crippen LogP contribution in [-0.2, 0) is 12.8 Å². The molecule has 0 spiro atoms. The lowest BCUT2D eigenvalue weighted by atomic mass is 10.0. The van der Waals surface area contributed by atoms with E-state index in [1.54, 1.807) is 30.5 Å². The number of anilines is 1. The summed E-state index contributed by atoms with van der Waals surface area (Å²) in [6, 6.07) is 8.89. The highest BCUT2D eigenvalue weighted by molar-refractivity contribution is 6.33. The number of hydrogen-bond donors (Lipinski definition) is 1. The van der Waals surface area contributed by atoms with Crippen LogP contribution in [0.3, 0.4) is 0 Å². The third-order valence-electron chi connectivity index (χ3n) is 4.21. The van der Waals surface area contributed by atoms with Crippen LogP contribution in [0.15, 0.2) is 36.5 Å². The van der Waals surface area contributed by atoms with Crippen LogP contribution < -0.4 is 5.32 Å². The van der Waals surface area contributed by atoms with Gasteiger partial charge in [0.05, 0.1) is 16.8 Å². The lowest BCUT2D eigenvalue weighted by molar-refractivity contribution is 0.102. The van der Waals surface area contributed by atoms with Crippen molar-refractivity contribution in [2.24, 2.45) is 0 Å². The Morgan fingerprint density at radius 3 is 2.88 bits per heavy atom. The molecule has 3 aromatic rings. The second kappa shape index (κ2) is 6.04. The molecular formula is C18H13Cl2N3O. The van der Waals surface area contributed by atoms with Crippen LogP contribution in [0.4, 0.5) is 5.69 Å². The normalized spacial score (nSPS) is 13.1. The summed E-state index contributed by atoms with van der Waals surface area (Å²) in [6.45, 7) is 0. The van der Waals surface area contributed by atoms with Crippen LogP contribution in [0.1, 0.15) is 28.0 Å². The molecule has 0 radical (unpaired) electrons. The Morgan fingerprint density at radius 2 is 2.04 bits per heavy atom. The first kappa shape index (κ1) is 15.4. The number of carbonyl (C=O) groups excluding carboxylic acids is 1. The molecule has 1 aliphatic rings. The minimum absolute atomic E-state index is 0.210. The van der Waals surface area contributed by atoms with E-state index in [0.717, 1.165) is 41.4 Å². The van der Waals surface area contributed by atoms with E-state index in [-0.39, 0.29) is 11.1 Å². The van der Waals surface area contributed by atoms with Crippen molar-refractivity contribution in [1.29, 1.82) is 0 Å². The number of rotatable bonds is 2. The third kappa shape index (κ3) is 2.62. The monoisotopic (exact) mass is 357 g/mol. The lowest BCUT2D eigenvalue weighted by Gasteiger charge is -2.13. The predicted molar refractivity (Wildman–Crippen MR) is 96.0 cm³/mol. The molecule has 2 heterocycles. The number of pyridine rings is 2. The summed E-state index contributed by atoms with van der Waals surface area (Å²) in [5, 5.41) is 4.47. The fourth-order valence-electron chi connectivity index (χ4n) is 3.16. The maximum absolute atomic E-state index is 13.0. The fraction of sp³-hybridized carbons (Fsp3) is 0.167. The second-order valence-electron chi connectivity index (χ2n) is 5.72. The number of amides is 1. The van der Waals surface area contributed by atoms with Crippen LogP contribution in [0.5, 0.6) is 0 Å². The maximum Gasteiger partial charge on any atom is 0.256 e. The van der Waals surface area contributed by atoms with Gasteiger partial charge in [-0.15, -0.1) is 0 Å². The summed E-state index contributed by atoms with van der Waals surface area (Å²) >= 11 is 12.2. The van der Waals surface area contributed by atoms with Crippen molar-refractivity contribution in [2.75, 3.05) is 5.32 Å². The third-order valence-corrected chi connectivity index (χ3v) is 4.74. The summed E-state index contributed by atoms with van der Waals surface area (Å²) in [6.07, 6.45) is 4.31. The molecule has 0 unspecified atom stereocenters. The Hall–Kier alpha value is -2.17. The maximum atomic E-state index is 13.0. The molecular weight excluding hydrogens is 345 g/mol. The first-order chi connectivity index (χ1) is 11.6. The SMILES string of the molecule is O=C(Nc1cccnc1Cl)c1c2c(nc3ccc(Cl)cc13)CCC2. The van der Waals surface area contributed by atoms with Crippen molar-refractivity contribution in [3.8, 4) is 0 Å². The van der Waals surface area contributed by atoms with Crippen LogP contribution >= 0.6 is 23.2 Å². The zero-order chi connectivity index (χ0) is 16.7. The van der Waals surface area contributed by atoms with Gasteiger partial charge >= 0.3 is 0 Å². The smallest absolute Gasteiger partial charge is 0.256 e. The van der Waals surface area contributed by atoms with Gasteiger partial charge in [-0.1, -0.05) is 23.2 Å². The molecule has 4 rings (SSSR count). The minimum atomic E-state index is -0.210. The first-order valence-electron chi connectivity index (χ1n) is 7.66. The number of fused-ring (bicyclic) bond motifs is 2. The predicted octanol–water partition coefficient (Wildman–Crippen LogP) is 4.68. The summed E-state index contributed by atoms with van der Waals surface area (Å²) in [4.78, 5) is 21.7. The Labute approximate surface area is 148 Å². The Kier molecular flexibility index (Phi) is 3.87. The van der Waals surface area contributed by atoms with Gasteiger partial charge in [0.1, 0.15) is 0 Å². The van der Waals surface area contributed by atoms with Crippen molar-refractivity contribution >= 4 is 45.7 Å². The van der Waals surface area contributed by atoms with Gasteiger partial charge in [-0.3, -0.25) is 9.78 Å². The van der Waals surface area contributed by atoms with E-state index in [1.807, 2.05) is 6.07 Å². The molecule has 1 amide bonds. The number of benzene rings is 1. The molecule has 0 fully saturated rings. The molecule has 0 saturated carbocycles. The topological polar surface area (TPSA) is 54.9 Å². The zero-order valence-electron chi connectivity index (χ0n) is 12.6. The lowest BCUT2D eigenvalue weighted by Crippen LogP contribution is -2.16. The Bertz CT molecular complexity index is 972. The highest BCUT2D eigenvalue weighted by Crippen LogP contribution is 2.32. The average molecular weight is 358 g/mol. The largest absolute Gasteiger partial charge is 0.319 e. The molecule has 24 heavy (non-hydrogen) atoms. The molecule has 0 bridgehead atoms. The van der Waals surface area contributed by atoms with Crippen LogP contribution in [0.2, 0.25) is 10.2 Å². The fourth-order valence-corrected chi connectivity index (χ4v) is 3.50. The summed E-state index contributed by atoms with van der Waals surface area (Å²) in [7, 11) is 0.